The average molecular weight is 500 g/mol. The highest BCUT2D eigenvalue weighted by molar-refractivity contribution is 8.13. The standard InChI is InChI=1S/C25H29N3O6S/c1-2-35-21-14-19(34-28-21)15-26-23(29)22(20(24(30)31)13-17-9-5-3-6-10-17)27-25(32)33-16-18-11-7-4-8-12-18/h3-12,19-20,22H,2,13-16H2,1H3,(H,26,29)(H,27,32)(H,30,31)/t19?,20?,22-/m0/s1. The Morgan fingerprint density at radius 2 is 1.77 bits per heavy atom. The molecule has 0 aromatic heterocycles. The molecule has 0 radical (unpaired) electrons. The van der Waals surface area contributed by atoms with Crippen molar-refractivity contribution in [3.63, 3.8) is 0 Å². The monoisotopic (exact) mass is 499 g/mol. The number of carbonyl (C=O) groups is 3. The Labute approximate surface area is 208 Å². The molecule has 1 heterocycles. The van der Waals surface area contributed by atoms with Crippen molar-refractivity contribution in [2.75, 3.05) is 12.3 Å². The summed E-state index contributed by atoms with van der Waals surface area (Å²) in [6, 6.07) is 16.6. The summed E-state index contributed by atoms with van der Waals surface area (Å²) in [4.78, 5) is 43.2. The van der Waals surface area contributed by atoms with Gasteiger partial charge in [0.05, 0.1) is 12.5 Å². The lowest BCUT2D eigenvalue weighted by Crippen LogP contribution is -2.54. The zero-order valence-electron chi connectivity index (χ0n) is 19.4. The van der Waals surface area contributed by atoms with E-state index in [1.165, 1.54) is 0 Å². The smallest absolute Gasteiger partial charge is 0.408 e. The number of carboxylic acid groups (broad SMARTS) is 1. The first-order valence-corrected chi connectivity index (χ1v) is 12.3. The number of benzene rings is 2. The van der Waals surface area contributed by atoms with Crippen LogP contribution in [0.3, 0.4) is 0 Å². The first kappa shape index (κ1) is 26.1. The van der Waals surface area contributed by atoms with Gasteiger partial charge in [0.15, 0.2) is 6.10 Å². The number of carbonyl (C=O) groups excluding carboxylic acids is 2. The molecule has 0 aliphatic carbocycles. The summed E-state index contributed by atoms with van der Waals surface area (Å²) in [6.07, 6.45) is -0.623. The summed E-state index contributed by atoms with van der Waals surface area (Å²) < 4.78 is 5.24. The molecule has 0 bridgehead atoms. The lowest BCUT2D eigenvalue weighted by atomic mass is 9.91. The maximum atomic E-state index is 13.1. The highest BCUT2D eigenvalue weighted by Gasteiger charge is 2.36. The van der Waals surface area contributed by atoms with Gasteiger partial charge < -0.3 is 25.3 Å². The van der Waals surface area contributed by atoms with Crippen LogP contribution < -0.4 is 10.6 Å². The van der Waals surface area contributed by atoms with Crippen LogP contribution in [0.25, 0.3) is 0 Å². The number of carboxylic acids is 1. The molecule has 3 rings (SSSR count). The summed E-state index contributed by atoms with van der Waals surface area (Å²) in [6.45, 7) is 2.13. The van der Waals surface area contributed by atoms with E-state index in [1.54, 1.807) is 48.2 Å². The molecule has 186 valence electrons. The van der Waals surface area contributed by atoms with Gasteiger partial charge in [0, 0.05) is 6.42 Å². The molecular formula is C25H29N3O6S. The third-order valence-corrected chi connectivity index (χ3v) is 6.17. The van der Waals surface area contributed by atoms with E-state index in [1.807, 2.05) is 31.2 Å². The fraction of sp³-hybridized carbons (Fsp3) is 0.360. The topological polar surface area (TPSA) is 126 Å². The van der Waals surface area contributed by atoms with Crippen molar-refractivity contribution in [2.24, 2.45) is 11.1 Å². The Morgan fingerprint density at radius 1 is 1.11 bits per heavy atom. The Kier molecular flexibility index (Phi) is 9.97. The fourth-order valence-electron chi connectivity index (χ4n) is 3.54. The molecule has 0 saturated heterocycles. The van der Waals surface area contributed by atoms with Gasteiger partial charge in [-0.1, -0.05) is 72.7 Å². The summed E-state index contributed by atoms with van der Waals surface area (Å²) >= 11 is 1.57. The van der Waals surface area contributed by atoms with E-state index in [2.05, 4.69) is 15.8 Å². The summed E-state index contributed by atoms with van der Waals surface area (Å²) in [5.41, 5.74) is 1.49. The molecule has 10 heteroatoms. The van der Waals surface area contributed by atoms with Crippen molar-refractivity contribution in [2.45, 2.75) is 38.5 Å². The third-order valence-electron chi connectivity index (χ3n) is 5.31. The Bertz CT molecular complexity index is 1020. The number of amides is 2. The van der Waals surface area contributed by atoms with E-state index in [0.717, 1.165) is 21.9 Å². The first-order valence-electron chi connectivity index (χ1n) is 11.3. The number of nitrogens with zero attached hydrogens (tertiary/aromatic N) is 1. The van der Waals surface area contributed by atoms with Crippen molar-refractivity contribution in [1.29, 1.82) is 0 Å². The third kappa shape index (κ3) is 8.32. The second kappa shape index (κ2) is 13.4. The van der Waals surface area contributed by atoms with Crippen molar-refractivity contribution in [3.8, 4) is 0 Å². The summed E-state index contributed by atoms with van der Waals surface area (Å²) in [5.74, 6) is -2.20. The van der Waals surface area contributed by atoms with Crippen LogP contribution in [0.1, 0.15) is 24.5 Å². The lowest BCUT2D eigenvalue weighted by Gasteiger charge is -2.25. The maximum Gasteiger partial charge on any atom is 0.408 e. The first-order chi connectivity index (χ1) is 17.0. The van der Waals surface area contributed by atoms with Crippen molar-refractivity contribution in [1.82, 2.24) is 10.6 Å². The molecule has 0 fully saturated rings. The molecule has 2 amide bonds. The quantitative estimate of drug-likeness (QED) is 0.433. The Balaban J connectivity index is 1.67. The molecule has 0 saturated carbocycles. The van der Waals surface area contributed by atoms with E-state index in [4.69, 9.17) is 9.57 Å². The van der Waals surface area contributed by atoms with Gasteiger partial charge in [-0.25, -0.2) is 4.79 Å². The number of hydrogen-bond acceptors (Lipinski definition) is 7. The molecule has 0 spiro atoms. The van der Waals surface area contributed by atoms with Crippen LogP contribution in [0.5, 0.6) is 0 Å². The summed E-state index contributed by atoms with van der Waals surface area (Å²) in [7, 11) is 0. The molecule has 35 heavy (non-hydrogen) atoms. The van der Waals surface area contributed by atoms with Crippen LogP contribution in [-0.2, 0) is 32.2 Å². The zero-order valence-corrected chi connectivity index (χ0v) is 20.2. The van der Waals surface area contributed by atoms with E-state index in [9.17, 15) is 19.5 Å². The molecule has 2 unspecified atom stereocenters. The second-order valence-electron chi connectivity index (χ2n) is 7.91. The van der Waals surface area contributed by atoms with Crippen LogP contribution in [0.2, 0.25) is 0 Å². The van der Waals surface area contributed by atoms with Crippen LogP contribution >= 0.6 is 11.8 Å². The highest BCUT2D eigenvalue weighted by Crippen LogP contribution is 2.19. The van der Waals surface area contributed by atoms with Gasteiger partial charge in [0.25, 0.3) is 0 Å². The number of oxime groups is 1. The van der Waals surface area contributed by atoms with Crippen molar-refractivity contribution < 1.29 is 29.1 Å². The average Bonchev–Trinajstić information content (AvgIpc) is 3.32. The number of ether oxygens (including phenoxy) is 1. The van der Waals surface area contributed by atoms with E-state index < -0.39 is 29.9 Å². The lowest BCUT2D eigenvalue weighted by molar-refractivity contribution is -0.145. The maximum absolute atomic E-state index is 13.1. The van der Waals surface area contributed by atoms with E-state index in [-0.39, 0.29) is 25.7 Å². The van der Waals surface area contributed by atoms with Gasteiger partial charge in [-0.2, -0.15) is 0 Å². The number of alkyl carbamates (subject to hydrolysis) is 1. The van der Waals surface area contributed by atoms with Gasteiger partial charge in [0.1, 0.15) is 17.7 Å². The number of thioether (sulfide) groups is 1. The van der Waals surface area contributed by atoms with Gasteiger partial charge in [-0.15, -0.1) is 11.8 Å². The van der Waals surface area contributed by atoms with Crippen LogP contribution in [0, 0.1) is 5.92 Å². The summed E-state index contributed by atoms with van der Waals surface area (Å²) in [5, 5.41) is 19.9. The van der Waals surface area contributed by atoms with E-state index >= 15 is 0 Å². The van der Waals surface area contributed by atoms with Gasteiger partial charge in [-0.05, 0) is 23.3 Å². The molecule has 9 nitrogen and oxygen atoms in total. The van der Waals surface area contributed by atoms with Crippen molar-refractivity contribution in [3.05, 3.63) is 71.8 Å². The van der Waals surface area contributed by atoms with Crippen LogP contribution in [0.15, 0.2) is 65.8 Å². The normalized spacial score (nSPS) is 16.4. The fourth-order valence-corrected chi connectivity index (χ4v) is 4.28. The SMILES string of the molecule is CCSC1=NOC(CNC(=O)[C@@H](NC(=O)OCc2ccccc2)C(Cc2ccccc2)C(=O)O)C1. The van der Waals surface area contributed by atoms with Gasteiger partial charge in [0.2, 0.25) is 5.91 Å². The minimum Gasteiger partial charge on any atom is -0.481 e. The molecule has 2 aromatic carbocycles. The van der Waals surface area contributed by atoms with Crippen LogP contribution in [0.4, 0.5) is 4.79 Å². The Morgan fingerprint density at radius 3 is 2.40 bits per heavy atom. The van der Waals surface area contributed by atoms with Gasteiger partial charge >= 0.3 is 12.1 Å². The largest absolute Gasteiger partial charge is 0.481 e. The predicted molar refractivity (Wildman–Crippen MR) is 133 cm³/mol. The molecule has 1 aliphatic heterocycles. The second-order valence-corrected chi connectivity index (χ2v) is 9.25. The number of rotatable bonds is 11. The number of nitrogens with one attached hydrogen (secondary N) is 2. The molecule has 1 aliphatic rings. The van der Waals surface area contributed by atoms with Crippen LogP contribution in [-0.4, -0.2) is 52.6 Å². The van der Waals surface area contributed by atoms with Gasteiger partial charge in [-0.3, -0.25) is 9.59 Å². The minimum atomic E-state index is -1.36. The number of hydrogen-bond donors (Lipinski definition) is 3. The molecule has 3 atom stereocenters. The zero-order chi connectivity index (χ0) is 25.0. The van der Waals surface area contributed by atoms with E-state index in [0.29, 0.717) is 6.42 Å². The molecule has 2 aromatic rings. The number of aliphatic carboxylic acids is 1. The Hall–Kier alpha value is -3.53. The van der Waals surface area contributed by atoms with Crippen molar-refractivity contribution >= 4 is 34.8 Å². The highest BCUT2D eigenvalue weighted by atomic mass is 32.2. The molecular weight excluding hydrogens is 470 g/mol. The minimum absolute atomic E-state index is 0.0113. The molecule has 3 N–H and O–H groups in total. The predicted octanol–water partition coefficient (Wildman–Crippen LogP) is 3.20.